The van der Waals surface area contributed by atoms with Crippen LogP contribution in [0, 0.1) is 5.82 Å². The predicted octanol–water partition coefficient (Wildman–Crippen LogP) is 3.26. The zero-order valence-electron chi connectivity index (χ0n) is 16.0. The van der Waals surface area contributed by atoms with Crippen molar-refractivity contribution in [1.82, 2.24) is 20.1 Å². The van der Waals surface area contributed by atoms with E-state index in [0.29, 0.717) is 30.5 Å². The number of ether oxygens (including phenoxy) is 2. The molecule has 28 heavy (non-hydrogen) atoms. The summed E-state index contributed by atoms with van der Waals surface area (Å²) in [7, 11) is 1.65. The van der Waals surface area contributed by atoms with E-state index in [-0.39, 0.29) is 12.4 Å². The first kappa shape index (κ1) is 18.8. The van der Waals surface area contributed by atoms with Crippen LogP contribution in [0.2, 0.25) is 0 Å². The second-order valence-electron chi connectivity index (χ2n) is 7.08. The Morgan fingerprint density at radius 2 is 2.11 bits per heavy atom. The molecule has 1 fully saturated rings. The van der Waals surface area contributed by atoms with Crippen molar-refractivity contribution in [2.24, 2.45) is 0 Å². The first-order valence-electron chi connectivity index (χ1n) is 9.68. The largest absolute Gasteiger partial charge is 0.473 e. The van der Waals surface area contributed by atoms with E-state index >= 15 is 0 Å². The molecule has 1 aliphatic rings. The molecule has 0 aliphatic carbocycles. The summed E-state index contributed by atoms with van der Waals surface area (Å²) in [4.78, 5) is 4.65. The molecule has 1 aliphatic heterocycles. The van der Waals surface area contributed by atoms with Gasteiger partial charge in [-0.25, -0.2) is 9.37 Å². The molecular formula is C21H25FN4O2. The summed E-state index contributed by atoms with van der Waals surface area (Å²) in [5, 5.41) is 8.44. The van der Waals surface area contributed by atoms with Crippen LogP contribution < -0.4 is 10.1 Å². The highest BCUT2D eigenvalue weighted by Gasteiger charge is 2.17. The number of nitrogens with one attached hydrogen (secondary N) is 1. The Morgan fingerprint density at radius 1 is 1.25 bits per heavy atom. The van der Waals surface area contributed by atoms with Gasteiger partial charge in [0, 0.05) is 35.7 Å². The van der Waals surface area contributed by atoms with Gasteiger partial charge in [0.05, 0.1) is 24.9 Å². The van der Waals surface area contributed by atoms with Gasteiger partial charge in [0.1, 0.15) is 12.4 Å². The summed E-state index contributed by atoms with van der Waals surface area (Å²) in [6, 6.07) is 9.12. The first-order chi connectivity index (χ1) is 13.7. The van der Waals surface area contributed by atoms with Gasteiger partial charge in [-0.3, -0.25) is 4.68 Å². The molecule has 7 heteroatoms. The van der Waals surface area contributed by atoms with Gasteiger partial charge in [-0.1, -0.05) is 6.07 Å². The van der Waals surface area contributed by atoms with Crippen LogP contribution in [0.5, 0.6) is 5.88 Å². The molecule has 0 spiro atoms. The zero-order valence-corrected chi connectivity index (χ0v) is 16.0. The molecule has 0 saturated carbocycles. The van der Waals surface area contributed by atoms with Crippen molar-refractivity contribution in [2.45, 2.75) is 31.9 Å². The van der Waals surface area contributed by atoms with Crippen LogP contribution in [0.1, 0.15) is 30.0 Å². The first-order valence-corrected chi connectivity index (χ1v) is 9.68. The van der Waals surface area contributed by atoms with Gasteiger partial charge in [0.25, 0.3) is 0 Å². The van der Waals surface area contributed by atoms with Gasteiger partial charge in [-0.2, -0.15) is 5.10 Å². The van der Waals surface area contributed by atoms with E-state index in [1.807, 2.05) is 22.9 Å². The monoisotopic (exact) mass is 384 g/mol. The van der Waals surface area contributed by atoms with Gasteiger partial charge < -0.3 is 14.8 Å². The van der Waals surface area contributed by atoms with Crippen molar-refractivity contribution in [3.8, 4) is 5.88 Å². The quantitative estimate of drug-likeness (QED) is 0.678. The Kier molecular flexibility index (Phi) is 5.83. The Bertz CT molecular complexity index is 937. The molecular weight excluding hydrogens is 359 g/mol. The third-order valence-corrected chi connectivity index (χ3v) is 5.20. The topological polar surface area (TPSA) is 61.2 Å². The maximum absolute atomic E-state index is 14.5. The van der Waals surface area contributed by atoms with Gasteiger partial charge in [-0.15, -0.1) is 0 Å². The third kappa shape index (κ3) is 4.15. The fourth-order valence-corrected chi connectivity index (χ4v) is 3.62. The van der Waals surface area contributed by atoms with E-state index in [1.54, 1.807) is 19.4 Å². The lowest BCUT2D eigenvalue weighted by molar-refractivity contribution is 0.185. The van der Waals surface area contributed by atoms with Crippen LogP contribution in [0.15, 0.2) is 36.5 Å². The number of methoxy groups -OCH3 is 1. The van der Waals surface area contributed by atoms with E-state index in [9.17, 15) is 4.39 Å². The molecule has 0 atom stereocenters. The molecule has 3 heterocycles. The van der Waals surface area contributed by atoms with Crippen LogP contribution in [0.3, 0.4) is 0 Å². The van der Waals surface area contributed by atoms with Crippen molar-refractivity contribution in [1.29, 1.82) is 0 Å². The molecule has 1 aromatic carbocycles. The second-order valence-corrected chi connectivity index (χ2v) is 7.08. The normalized spacial score (nSPS) is 15.2. The highest BCUT2D eigenvalue weighted by atomic mass is 19.1. The summed E-state index contributed by atoms with van der Waals surface area (Å²) in [5.41, 5.74) is 2.40. The third-order valence-electron chi connectivity index (χ3n) is 5.20. The summed E-state index contributed by atoms with van der Waals surface area (Å²) < 4.78 is 27.2. The highest BCUT2D eigenvalue weighted by molar-refractivity contribution is 5.79. The molecule has 0 amide bonds. The number of halogens is 1. The van der Waals surface area contributed by atoms with Crippen molar-refractivity contribution in [3.63, 3.8) is 0 Å². The van der Waals surface area contributed by atoms with Crippen LogP contribution in [0.25, 0.3) is 10.9 Å². The standard InChI is InChI=1S/C21H25FN4O2/c1-27-10-9-26-20-12-17(18(22)11-16(20)13-24-26)14-28-21-4-2-3-19(25-21)15-5-7-23-8-6-15/h2-4,11-13,15,23H,5-10,14H2,1H3. The smallest absolute Gasteiger partial charge is 0.213 e. The van der Waals surface area contributed by atoms with E-state index in [1.165, 1.54) is 6.07 Å². The molecule has 148 valence electrons. The van der Waals surface area contributed by atoms with E-state index in [0.717, 1.165) is 42.5 Å². The van der Waals surface area contributed by atoms with E-state index in [4.69, 9.17) is 9.47 Å². The van der Waals surface area contributed by atoms with Crippen molar-refractivity contribution in [2.75, 3.05) is 26.8 Å². The number of pyridine rings is 1. The number of piperidine rings is 1. The Hall–Kier alpha value is -2.51. The lowest BCUT2D eigenvalue weighted by atomic mass is 9.94. The zero-order chi connectivity index (χ0) is 19.3. The van der Waals surface area contributed by atoms with Crippen molar-refractivity contribution >= 4 is 10.9 Å². The number of rotatable bonds is 7. The molecule has 0 unspecified atom stereocenters. The average Bonchev–Trinajstić information content (AvgIpc) is 3.13. The lowest BCUT2D eigenvalue weighted by Gasteiger charge is -2.22. The van der Waals surface area contributed by atoms with E-state index in [2.05, 4.69) is 15.4 Å². The van der Waals surface area contributed by atoms with Crippen LogP contribution >= 0.6 is 0 Å². The molecule has 0 bridgehead atoms. The minimum atomic E-state index is -0.298. The average molecular weight is 384 g/mol. The molecule has 4 rings (SSSR count). The molecule has 2 aromatic heterocycles. The number of hydrogen-bond donors (Lipinski definition) is 1. The molecule has 1 N–H and O–H groups in total. The second kappa shape index (κ2) is 8.67. The molecule has 0 radical (unpaired) electrons. The van der Waals surface area contributed by atoms with Gasteiger partial charge in [0.15, 0.2) is 0 Å². The number of benzene rings is 1. The molecule has 3 aromatic rings. The van der Waals surface area contributed by atoms with Crippen LogP contribution in [0.4, 0.5) is 4.39 Å². The SMILES string of the molecule is COCCn1ncc2cc(F)c(COc3cccc(C4CCNCC4)n3)cc21. The van der Waals surface area contributed by atoms with Crippen LogP contribution in [-0.2, 0) is 17.9 Å². The summed E-state index contributed by atoms with van der Waals surface area (Å²) in [6.07, 6.45) is 3.82. The lowest BCUT2D eigenvalue weighted by Crippen LogP contribution is -2.27. The minimum absolute atomic E-state index is 0.125. The maximum Gasteiger partial charge on any atom is 0.213 e. The fraction of sp³-hybridized carbons (Fsp3) is 0.429. The van der Waals surface area contributed by atoms with Crippen molar-refractivity contribution < 1.29 is 13.9 Å². The number of fused-ring (bicyclic) bond motifs is 1. The fourth-order valence-electron chi connectivity index (χ4n) is 3.62. The van der Waals surface area contributed by atoms with Gasteiger partial charge >= 0.3 is 0 Å². The van der Waals surface area contributed by atoms with Crippen LogP contribution in [-0.4, -0.2) is 41.6 Å². The minimum Gasteiger partial charge on any atom is -0.473 e. The Labute approximate surface area is 163 Å². The summed E-state index contributed by atoms with van der Waals surface area (Å²) >= 11 is 0. The summed E-state index contributed by atoms with van der Waals surface area (Å²) in [6.45, 7) is 3.32. The Morgan fingerprint density at radius 3 is 2.93 bits per heavy atom. The number of nitrogens with zero attached hydrogens (tertiary/aromatic N) is 3. The maximum atomic E-state index is 14.5. The summed E-state index contributed by atoms with van der Waals surface area (Å²) in [5.74, 6) is 0.685. The predicted molar refractivity (Wildman–Crippen MR) is 105 cm³/mol. The molecule has 6 nitrogen and oxygen atoms in total. The van der Waals surface area contributed by atoms with E-state index < -0.39 is 0 Å². The van der Waals surface area contributed by atoms with Gasteiger partial charge in [-0.05, 0) is 44.1 Å². The Balaban J connectivity index is 1.49. The molecule has 1 saturated heterocycles. The van der Waals surface area contributed by atoms with Crippen molar-refractivity contribution in [3.05, 3.63) is 53.6 Å². The number of hydrogen-bond acceptors (Lipinski definition) is 5. The van der Waals surface area contributed by atoms with Gasteiger partial charge in [0.2, 0.25) is 5.88 Å². The number of aromatic nitrogens is 3. The highest BCUT2D eigenvalue weighted by Crippen LogP contribution is 2.26.